The maximum absolute atomic E-state index is 13.3. The van der Waals surface area contributed by atoms with E-state index < -0.39 is 39.2 Å². The summed E-state index contributed by atoms with van der Waals surface area (Å²) >= 11 is 0. The van der Waals surface area contributed by atoms with Gasteiger partial charge in [0.15, 0.2) is 0 Å². The first-order chi connectivity index (χ1) is 16.0. The molecule has 0 saturated carbocycles. The predicted octanol–water partition coefficient (Wildman–Crippen LogP) is 2.73. The van der Waals surface area contributed by atoms with Crippen molar-refractivity contribution < 1.29 is 32.3 Å². The van der Waals surface area contributed by atoms with Crippen LogP contribution in [0.25, 0.3) is 0 Å². The third-order valence-corrected chi connectivity index (χ3v) is 6.75. The van der Waals surface area contributed by atoms with Gasteiger partial charge in [-0.25, -0.2) is 18.0 Å². The molecule has 0 fully saturated rings. The Kier molecular flexibility index (Phi) is 9.61. The van der Waals surface area contributed by atoms with Crippen LogP contribution in [0.2, 0.25) is 0 Å². The standard InChI is InChI=1S/C24H30N2O7S/c1-16(2)14-20(23(28)32-4)25-21(27)22(34(30,31)19-12-10-17(3)11-13-19)26-24(29)33-15-18-8-6-5-7-9-18/h5-13,16,20,22H,14-15H2,1-4H3,(H,25,27)(H,26,29)/t20-,22-/m0/s1. The average Bonchev–Trinajstić information content (AvgIpc) is 2.80. The summed E-state index contributed by atoms with van der Waals surface area (Å²) in [4.78, 5) is 37.5. The van der Waals surface area contributed by atoms with Crippen LogP contribution in [0.3, 0.4) is 0 Å². The van der Waals surface area contributed by atoms with Crippen LogP contribution in [0.1, 0.15) is 31.4 Å². The highest BCUT2D eigenvalue weighted by atomic mass is 32.2. The van der Waals surface area contributed by atoms with Gasteiger partial charge in [0.2, 0.25) is 15.2 Å². The number of esters is 1. The first-order valence-electron chi connectivity index (χ1n) is 10.7. The molecule has 0 aliphatic heterocycles. The second kappa shape index (κ2) is 12.2. The van der Waals surface area contributed by atoms with Crippen LogP contribution in [0.5, 0.6) is 0 Å². The number of carbonyl (C=O) groups is 3. The lowest BCUT2D eigenvalue weighted by Gasteiger charge is -2.23. The Morgan fingerprint density at radius 2 is 1.56 bits per heavy atom. The highest BCUT2D eigenvalue weighted by molar-refractivity contribution is 7.92. The number of carbonyl (C=O) groups excluding carboxylic acids is 3. The summed E-state index contributed by atoms with van der Waals surface area (Å²) in [6.45, 7) is 5.33. The minimum Gasteiger partial charge on any atom is -0.467 e. The van der Waals surface area contributed by atoms with E-state index in [1.807, 2.05) is 13.8 Å². The summed E-state index contributed by atoms with van der Waals surface area (Å²) in [6.07, 6.45) is -0.882. The molecule has 0 aliphatic rings. The number of alkyl carbamates (subject to hydrolysis) is 1. The van der Waals surface area contributed by atoms with Crippen molar-refractivity contribution in [2.45, 2.75) is 50.1 Å². The van der Waals surface area contributed by atoms with E-state index in [0.717, 1.165) is 5.56 Å². The van der Waals surface area contributed by atoms with Gasteiger partial charge in [0.1, 0.15) is 12.6 Å². The lowest BCUT2D eigenvalue weighted by molar-refractivity contribution is -0.145. The van der Waals surface area contributed by atoms with Crippen LogP contribution in [-0.4, -0.2) is 44.9 Å². The number of ether oxygens (including phenoxy) is 2. The molecule has 0 unspecified atom stereocenters. The van der Waals surface area contributed by atoms with Crippen LogP contribution < -0.4 is 10.6 Å². The molecular weight excluding hydrogens is 460 g/mol. The van der Waals surface area contributed by atoms with Crippen molar-refractivity contribution in [3.05, 3.63) is 65.7 Å². The van der Waals surface area contributed by atoms with E-state index in [4.69, 9.17) is 9.47 Å². The molecule has 2 atom stereocenters. The highest BCUT2D eigenvalue weighted by Gasteiger charge is 2.38. The Hall–Kier alpha value is -3.40. The van der Waals surface area contributed by atoms with Gasteiger partial charge in [-0.3, -0.25) is 10.1 Å². The largest absolute Gasteiger partial charge is 0.467 e. The van der Waals surface area contributed by atoms with Gasteiger partial charge in [-0.1, -0.05) is 61.9 Å². The third-order valence-electron chi connectivity index (χ3n) is 4.87. The Morgan fingerprint density at radius 1 is 0.941 bits per heavy atom. The Morgan fingerprint density at radius 3 is 2.12 bits per heavy atom. The number of aryl methyl sites for hydroxylation is 1. The third kappa shape index (κ3) is 7.58. The van der Waals surface area contributed by atoms with Crippen LogP contribution in [0.15, 0.2) is 59.5 Å². The molecule has 9 nitrogen and oxygen atoms in total. The van der Waals surface area contributed by atoms with E-state index >= 15 is 0 Å². The summed E-state index contributed by atoms with van der Waals surface area (Å²) < 4.78 is 36.4. The smallest absolute Gasteiger partial charge is 0.408 e. The van der Waals surface area contributed by atoms with E-state index in [1.165, 1.54) is 19.2 Å². The van der Waals surface area contributed by atoms with E-state index in [-0.39, 0.29) is 23.8 Å². The molecule has 2 amide bonds. The lowest BCUT2D eigenvalue weighted by Crippen LogP contribution is -2.55. The first kappa shape index (κ1) is 26.8. The zero-order chi connectivity index (χ0) is 25.3. The molecule has 184 valence electrons. The molecule has 0 aromatic heterocycles. The van der Waals surface area contributed by atoms with E-state index in [0.29, 0.717) is 5.56 Å². The molecule has 0 aliphatic carbocycles. The van der Waals surface area contributed by atoms with Gasteiger partial charge >= 0.3 is 12.1 Å². The Bertz CT molecular complexity index is 1080. The number of rotatable bonds is 10. The molecular formula is C24H30N2O7S. The molecule has 2 N–H and O–H groups in total. The Balaban J connectivity index is 2.29. The van der Waals surface area contributed by atoms with Gasteiger partial charge in [-0.15, -0.1) is 0 Å². The van der Waals surface area contributed by atoms with Gasteiger partial charge in [0, 0.05) is 0 Å². The molecule has 34 heavy (non-hydrogen) atoms. The number of sulfone groups is 1. The monoisotopic (exact) mass is 490 g/mol. The fraction of sp³-hybridized carbons (Fsp3) is 0.375. The van der Waals surface area contributed by atoms with Crippen molar-refractivity contribution in [3.8, 4) is 0 Å². The summed E-state index contributed by atoms with van der Waals surface area (Å²) in [7, 11) is -3.21. The minimum absolute atomic E-state index is 0.000326. The van der Waals surface area contributed by atoms with Crippen molar-refractivity contribution in [2.24, 2.45) is 5.92 Å². The van der Waals surface area contributed by atoms with Gasteiger partial charge in [-0.2, -0.15) is 0 Å². The lowest BCUT2D eigenvalue weighted by atomic mass is 10.0. The maximum Gasteiger partial charge on any atom is 0.408 e. The average molecular weight is 491 g/mol. The van der Waals surface area contributed by atoms with Gasteiger partial charge in [-0.05, 0) is 37.0 Å². The van der Waals surface area contributed by atoms with Crippen LogP contribution in [0.4, 0.5) is 4.79 Å². The first-order valence-corrected chi connectivity index (χ1v) is 12.2. The predicted molar refractivity (Wildman–Crippen MR) is 125 cm³/mol. The number of methoxy groups -OCH3 is 1. The zero-order valence-corrected chi connectivity index (χ0v) is 20.4. The molecule has 2 aromatic rings. The summed E-state index contributed by atoms with van der Waals surface area (Å²) in [5.74, 6) is -1.80. The number of nitrogens with one attached hydrogen (secondary N) is 2. The van der Waals surface area contributed by atoms with Crippen LogP contribution in [-0.2, 0) is 35.5 Å². The highest BCUT2D eigenvalue weighted by Crippen LogP contribution is 2.17. The number of hydrogen-bond acceptors (Lipinski definition) is 7. The van der Waals surface area contributed by atoms with E-state index in [1.54, 1.807) is 49.4 Å². The second-order valence-electron chi connectivity index (χ2n) is 8.16. The molecule has 0 bridgehead atoms. The van der Waals surface area contributed by atoms with Gasteiger partial charge < -0.3 is 14.8 Å². The Labute approximate surface area is 199 Å². The normalized spacial score (nSPS) is 13.0. The zero-order valence-electron chi connectivity index (χ0n) is 19.6. The summed E-state index contributed by atoms with van der Waals surface area (Å²) in [5.41, 5.74) is 1.50. The molecule has 2 aromatic carbocycles. The van der Waals surface area contributed by atoms with Crippen LogP contribution in [0, 0.1) is 12.8 Å². The molecule has 0 heterocycles. The van der Waals surface area contributed by atoms with Crippen molar-refractivity contribution >= 4 is 27.8 Å². The number of amides is 2. The molecule has 2 rings (SSSR count). The van der Waals surface area contributed by atoms with Crippen LogP contribution >= 0.6 is 0 Å². The van der Waals surface area contributed by atoms with E-state index in [2.05, 4.69) is 10.6 Å². The van der Waals surface area contributed by atoms with Gasteiger partial charge in [0.25, 0.3) is 5.91 Å². The fourth-order valence-electron chi connectivity index (χ4n) is 3.10. The second-order valence-corrected chi connectivity index (χ2v) is 10.2. The van der Waals surface area contributed by atoms with Crippen molar-refractivity contribution in [1.82, 2.24) is 10.6 Å². The number of hydrogen-bond donors (Lipinski definition) is 2. The van der Waals surface area contributed by atoms with Crippen molar-refractivity contribution in [3.63, 3.8) is 0 Å². The van der Waals surface area contributed by atoms with Crippen molar-refractivity contribution in [2.75, 3.05) is 7.11 Å². The minimum atomic E-state index is -4.38. The molecule has 0 saturated heterocycles. The van der Waals surface area contributed by atoms with E-state index in [9.17, 15) is 22.8 Å². The summed E-state index contributed by atoms with van der Waals surface area (Å²) in [5, 5.41) is 2.52. The maximum atomic E-state index is 13.3. The summed E-state index contributed by atoms with van der Waals surface area (Å²) in [6, 6.07) is 13.5. The van der Waals surface area contributed by atoms with Crippen molar-refractivity contribution in [1.29, 1.82) is 0 Å². The fourth-order valence-corrected chi connectivity index (χ4v) is 4.48. The molecule has 10 heteroatoms. The van der Waals surface area contributed by atoms with Gasteiger partial charge in [0.05, 0.1) is 12.0 Å². The topological polar surface area (TPSA) is 128 Å². The molecule has 0 spiro atoms. The molecule has 0 radical (unpaired) electrons. The number of benzene rings is 2. The quantitative estimate of drug-likeness (QED) is 0.490. The SMILES string of the molecule is COC(=O)[C@H](CC(C)C)NC(=O)[C@@H](NC(=O)OCc1ccccc1)S(=O)(=O)c1ccc(C)cc1.